The zero-order valence-electron chi connectivity index (χ0n) is 8.42. The minimum Gasteiger partial charge on any atom is -0.299 e. The quantitative estimate of drug-likeness (QED) is 0.356. The summed E-state index contributed by atoms with van der Waals surface area (Å²) in [6, 6.07) is 0. The smallest absolute Gasteiger partial charge is 0.142 e. The minimum atomic E-state index is 0.606. The number of aldehydes is 1. The predicted molar refractivity (Wildman–Crippen MR) is 53.0 cm³/mol. The first-order valence-electron chi connectivity index (χ1n) is 4.35. The molecule has 0 rings (SSSR count). The van der Waals surface area contributed by atoms with E-state index in [4.69, 9.17) is 0 Å². The van der Waals surface area contributed by atoms with Crippen LogP contribution in [0.5, 0.6) is 0 Å². The van der Waals surface area contributed by atoms with Crippen LogP contribution in [-0.2, 0) is 4.79 Å². The normalized spacial score (nSPS) is 13.8. The lowest BCUT2D eigenvalue weighted by Crippen LogP contribution is -1.88. The van der Waals surface area contributed by atoms with Gasteiger partial charge in [0.2, 0.25) is 0 Å². The molecule has 0 atom stereocenters. The molecule has 0 radical (unpaired) electrons. The van der Waals surface area contributed by atoms with Crippen molar-refractivity contribution in [3.63, 3.8) is 0 Å². The molecule has 0 bridgehead atoms. The monoisotopic (exact) mass is 166 g/mol. The van der Waals surface area contributed by atoms with Crippen molar-refractivity contribution in [1.29, 1.82) is 0 Å². The number of rotatable bonds is 4. The molecule has 0 saturated heterocycles. The maximum atomic E-state index is 10.1. The molecule has 0 aliphatic heterocycles. The van der Waals surface area contributed by atoms with Crippen LogP contribution < -0.4 is 0 Å². The molecular weight excluding hydrogens is 148 g/mol. The van der Waals surface area contributed by atoms with Crippen LogP contribution >= 0.6 is 0 Å². The molecule has 0 aliphatic carbocycles. The van der Waals surface area contributed by atoms with Crippen molar-refractivity contribution in [2.24, 2.45) is 5.92 Å². The van der Waals surface area contributed by atoms with E-state index in [-0.39, 0.29) is 0 Å². The molecule has 1 heteroatoms. The summed E-state index contributed by atoms with van der Waals surface area (Å²) in [4.78, 5) is 10.1. The highest BCUT2D eigenvalue weighted by Crippen LogP contribution is 2.11. The fourth-order valence-electron chi connectivity index (χ4n) is 0.742. The van der Waals surface area contributed by atoms with Crippen molar-refractivity contribution < 1.29 is 4.79 Å². The third-order valence-electron chi connectivity index (χ3n) is 2.01. The summed E-state index contributed by atoms with van der Waals surface area (Å²) in [6.45, 7) is 8.44. The van der Waals surface area contributed by atoms with Crippen molar-refractivity contribution in [2.75, 3.05) is 0 Å². The van der Waals surface area contributed by atoms with Crippen LogP contribution in [0.2, 0.25) is 0 Å². The standard InChI is InChI=1S/C11H18O/c1-9(2)11(4)6-5-10(3)7-8-12/h6-9H,5H2,1-4H3/b10-7+,11-6+. The number of allylic oxidation sites excluding steroid dienone is 4. The molecule has 0 aliphatic rings. The van der Waals surface area contributed by atoms with Crippen LogP contribution in [0.15, 0.2) is 23.3 Å². The molecular formula is C11H18O. The van der Waals surface area contributed by atoms with Crippen LogP contribution in [0.1, 0.15) is 34.1 Å². The summed E-state index contributed by atoms with van der Waals surface area (Å²) in [5.41, 5.74) is 2.50. The Hall–Kier alpha value is -0.850. The van der Waals surface area contributed by atoms with E-state index in [2.05, 4.69) is 26.8 Å². The second kappa shape index (κ2) is 5.76. The zero-order valence-corrected chi connectivity index (χ0v) is 8.42. The van der Waals surface area contributed by atoms with Crippen LogP contribution in [0.3, 0.4) is 0 Å². The van der Waals surface area contributed by atoms with Gasteiger partial charge in [0, 0.05) is 0 Å². The largest absolute Gasteiger partial charge is 0.299 e. The lowest BCUT2D eigenvalue weighted by Gasteiger charge is -2.04. The molecule has 0 aromatic heterocycles. The summed E-state index contributed by atoms with van der Waals surface area (Å²) in [6.07, 6.45) is 5.53. The van der Waals surface area contributed by atoms with E-state index in [9.17, 15) is 4.79 Å². The number of hydrogen-bond donors (Lipinski definition) is 0. The number of hydrogen-bond acceptors (Lipinski definition) is 1. The third-order valence-corrected chi connectivity index (χ3v) is 2.01. The highest BCUT2D eigenvalue weighted by Gasteiger charge is 1.94. The van der Waals surface area contributed by atoms with Gasteiger partial charge in [-0.05, 0) is 32.3 Å². The van der Waals surface area contributed by atoms with Crippen molar-refractivity contribution in [2.45, 2.75) is 34.1 Å². The second-order valence-electron chi connectivity index (χ2n) is 3.46. The minimum absolute atomic E-state index is 0.606. The molecule has 0 amide bonds. The van der Waals surface area contributed by atoms with E-state index < -0.39 is 0 Å². The average molecular weight is 166 g/mol. The molecule has 68 valence electrons. The Balaban J connectivity index is 4.04. The Morgan fingerprint density at radius 2 is 1.92 bits per heavy atom. The van der Waals surface area contributed by atoms with E-state index in [1.165, 1.54) is 5.57 Å². The Kier molecular flexibility index (Phi) is 5.35. The third kappa shape index (κ3) is 4.89. The average Bonchev–Trinajstić information content (AvgIpc) is 2.00. The fourth-order valence-corrected chi connectivity index (χ4v) is 0.742. The Bertz CT molecular complexity index is 197. The molecule has 0 aromatic carbocycles. The van der Waals surface area contributed by atoms with Gasteiger partial charge in [-0.3, -0.25) is 4.79 Å². The van der Waals surface area contributed by atoms with Gasteiger partial charge in [-0.1, -0.05) is 31.1 Å². The van der Waals surface area contributed by atoms with Gasteiger partial charge in [-0.25, -0.2) is 0 Å². The molecule has 0 N–H and O–H groups in total. The molecule has 12 heavy (non-hydrogen) atoms. The van der Waals surface area contributed by atoms with E-state index in [0.717, 1.165) is 18.3 Å². The molecule has 0 heterocycles. The van der Waals surface area contributed by atoms with Gasteiger partial charge in [-0.15, -0.1) is 0 Å². The lowest BCUT2D eigenvalue weighted by atomic mass is 10.0. The van der Waals surface area contributed by atoms with Gasteiger partial charge in [0.15, 0.2) is 0 Å². The Labute approximate surface area is 75.2 Å². The van der Waals surface area contributed by atoms with Gasteiger partial charge in [0.05, 0.1) is 0 Å². The van der Waals surface area contributed by atoms with E-state index in [1.807, 2.05) is 6.92 Å². The molecule has 0 fully saturated rings. The van der Waals surface area contributed by atoms with E-state index in [1.54, 1.807) is 6.08 Å². The van der Waals surface area contributed by atoms with Gasteiger partial charge in [0.1, 0.15) is 6.29 Å². The fraction of sp³-hybridized carbons (Fsp3) is 0.545. The summed E-state index contributed by atoms with van der Waals surface area (Å²) in [7, 11) is 0. The predicted octanol–water partition coefficient (Wildman–Crippen LogP) is 3.12. The van der Waals surface area contributed by atoms with Crippen LogP contribution in [-0.4, -0.2) is 6.29 Å². The molecule has 0 spiro atoms. The summed E-state index contributed by atoms with van der Waals surface area (Å²) < 4.78 is 0. The molecule has 0 unspecified atom stereocenters. The van der Waals surface area contributed by atoms with Crippen molar-refractivity contribution in [3.05, 3.63) is 23.3 Å². The van der Waals surface area contributed by atoms with Crippen LogP contribution in [0.4, 0.5) is 0 Å². The second-order valence-corrected chi connectivity index (χ2v) is 3.46. The molecule has 0 aromatic rings. The first-order valence-corrected chi connectivity index (χ1v) is 4.35. The SMILES string of the molecule is C/C(=C\C=O)C/C=C(\C)C(C)C. The first kappa shape index (κ1) is 11.2. The van der Waals surface area contributed by atoms with Gasteiger partial charge >= 0.3 is 0 Å². The van der Waals surface area contributed by atoms with Gasteiger partial charge in [0.25, 0.3) is 0 Å². The maximum absolute atomic E-state index is 10.1. The maximum Gasteiger partial charge on any atom is 0.142 e. The van der Waals surface area contributed by atoms with Gasteiger partial charge < -0.3 is 0 Å². The Morgan fingerprint density at radius 1 is 1.33 bits per heavy atom. The van der Waals surface area contributed by atoms with E-state index in [0.29, 0.717) is 5.92 Å². The summed E-state index contributed by atoms with van der Waals surface area (Å²) in [5.74, 6) is 0.606. The van der Waals surface area contributed by atoms with Gasteiger partial charge in [-0.2, -0.15) is 0 Å². The van der Waals surface area contributed by atoms with Crippen LogP contribution in [0, 0.1) is 5.92 Å². The molecule has 1 nitrogen and oxygen atoms in total. The molecule has 0 saturated carbocycles. The topological polar surface area (TPSA) is 17.1 Å². The van der Waals surface area contributed by atoms with Crippen molar-refractivity contribution >= 4 is 6.29 Å². The highest BCUT2D eigenvalue weighted by atomic mass is 16.1. The number of carbonyl (C=O) groups is 1. The Morgan fingerprint density at radius 3 is 2.33 bits per heavy atom. The lowest BCUT2D eigenvalue weighted by molar-refractivity contribution is -0.104. The van der Waals surface area contributed by atoms with Crippen LogP contribution in [0.25, 0.3) is 0 Å². The summed E-state index contributed by atoms with van der Waals surface area (Å²) >= 11 is 0. The number of carbonyl (C=O) groups excluding carboxylic acids is 1. The highest BCUT2D eigenvalue weighted by molar-refractivity contribution is 5.65. The summed E-state index contributed by atoms with van der Waals surface area (Å²) in [5, 5.41) is 0. The van der Waals surface area contributed by atoms with E-state index >= 15 is 0 Å². The van der Waals surface area contributed by atoms with Crippen molar-refractivity contribution in [3.8, 4) is 0 Å². The first-order chi connectivity index (χ1) is 5.57. The zero-order chi connectivity index (χ0) is 9.56. The van der Waals surface area contributed by atoms with Crippen molar-refractivity contribution in [1.82, 2.24) is 0 Å².